The number of hydrogen-bond acceptors (Lipinski definition) is 5. The molecule has 9 atom stereocenters. The first kappa shape index (κ1) is 26.8. The van der Waals surface area contributed by atoms with E-state index in [1.165, 1.54) is 0 Å². The van der Waals surface area contributed by atoms with Crippen LogP contribution < -0.4 is 34.7 Å². The van der Waals surface area contributed by atoms with Gasteiger partial charge in [-0.3, -0.25) is 0 Å². The van der Waals surface area contributed by atoms with Gasteiger partial charge in [0.15, 0.2) is 6.17 Å². The Balaban J connectivity index is 0.00000341. The summed E-state index contributed by atoms with van der Waals surface area (Å²) in [5, 5.41) is 31.8. The van der Waals surface area contributed by atoms with Crippen LogP contribution in [0.5, 0.6) is 0 Å². The molecule has 0 aromatic carbocycles. The minimum atomic E-state index is -1.32. The number of aliphatic carboxylic acids is 1. The number of halogens is 1. The van der Waals surface area contributed by atoms with E-state index in [9.17, 15) is 20.1 Å². The van der Waals surface area contributed by atoms with Gasteiger partial charge in [0.05, 0.1) is 12.2 Å². The second kappa shape index (κ2) is 12.2. The zero-order chi connectivity index (χ0) is 21.8. The third-order valence-electron chi connectivity index (χ3n) is 7.15. The Hall–Kier alpha value is -0.400. The van der Waals surface area contributed by atoms with Crippen LogP contribution in [0.4, 0.5) is 4.39 Å². The number of hydrogen-bond donors (Lipinski definition) is 2. The first-order valence-corrected chi connectivity index (χ1v) is 11.6. The summed E-state index contributed by atoms with van der Waals surface area (Å²) >= 11 is 0. The van der Waals surface area contributed by atoms with Crippen LogP contribution in [0.15, 0.2) is 24.0 Å². The van der Waals surface area contributed by atoms with Gasteiger partial charge >= 0.3 is 29.6 Å². The van der Waals surface area contributed by atoms with E-state index in [1.807, 2.05) is 0 Å². The fourth-order valence-corrected chi connectivity index (χ4v) is 5.42. The molecule has 5 nitrogen and oxygen atoms in total. The molecule has 1 heterocycles. The van der Waals surface area contributed by atoms with E-state index in [0.717, 1.165) is 19.3 Å². The Kier molecular flexibility index (Phi) is 10.5. The molecular weight excluding hydrogens is 410 g/mol. The number of aliphatic hydroxyl groups excluding tert-OH is 2. The van der Waals surface area contributed by atoms with E-state index >= 15 is 4.39 Å². The Morgan fingerprint density at radius 1 is 1.35 bits per heavy atom. The van der Waals surface area contributed by atoms with Crippen molar-refractivity contribution in [1.82, 2.24) is 0 Å². The summed E-state index contributed by atoms with van der Waals surface area (Å²) in [4.78, 5) is 11.0. The van der Waals surface area contributed by atoms with Crippen LogP contribution >= 0.6 is 0 Å². The van der Waals surface area contributed by atoms with Gasteiger partial charge in [0.25, 0.3) is 0 Å². The monoisotopic (exact) mass is 446 g/mol. The Labute approximate surface area is 207 Å². The first-order chi connectivity index (χ1) is 14.3. The van der Waals surface area contributed by atoms with Gasteiger partial charge in [0.2, 0.25) is 0 Å². The molecule has 0 unspecified atom stereocenters. The fraction of sp³-hybridized carbons (Fsp3) is 0.792. The van der Waals surface area contributed by atoms with Crippen molar-refractivity contribution in [2.75, 3.05) is 0 Å². The number of carbonyl (C=O) groups excluding carboxylic acids is 1. The van der Waals surface area contributed by atoms with Crippen LogP contribution in [0.25, 0.3) is 0 Å². The van der Waals surface area contributed by atoms with E-state index in [4.69, 9.17) is 4.74 Å². The average Bonchev–Trinajstić information content (AvgIpc) is 3.35. The Morgan fingerprint density at radius 2 is 2.10 bits per heavy atom. The van der Waals surface area contributed by atoms with E-state index in [0.29, 0.717) is 38.0 Å². The Bertz CT molecular complexity index is 654. The Morgan fingerprint density at radius 3 is 2.74 bits per heavy atom. The molecule has 1 aliphatic heterocycles. The maximum Gasteiger partial charge on any atom is 1.00 e. The van der Waals surface area contributed by atoms with E-state index in [2.05, 4.69) is 13.8 Å². The third kappa shape index (κ3) is 6.80. The molecular formula is C24H36FNaO5. The van der Waals surface area contributed by atoms with Gasteiger partial charge in [0.1, 0.15) is 11.9 Å². The molecule has 1 saturated heterocycles. The predicted molar refractivity (Wildman–Crippen MR) is 110 cm³/mol. The molecule has 2 aliphatic carbocycles. The minimum Gasteiger partial charge on any atom is -0.550 e. The third-order valence-corrected chi connectivity index (χ3v) is 7.15. The molecule has 3 aliphatic rings. The molecule has 0 spiro atoms. The molecule has 7 heteroatoms. The summed E-state index contributed by atoms with van der Waals surface area (Å²) in [6.45, 7) is 4.27. The van der Waals surface area contributed by atoms with Crippen LogP contribution in [0.3, 0.4) is 0 Å². The molecule has 2 N–H and O–H groups in total. The number of allylic oxidation sites excluding steroid dienone is 2. The van der Waals surface area contributed by atoms with Gasteiger partial charge in [-0.25, -0.2) is 4.39 Å². The molecule has 3 rings (SSSR count). The van der Waals surface area contributed by atoms with Crippen LogP contribution in [0.1, 0.15) is 65.2 Å². The van der Waals surface area contributed by atoms with Crippen molar-refractivity contribution in [3.05, 3.63) is 24.0 Å². The summed E-state index contributed by atoms with van der Waals surface area (Å²) in [5.74, 6) is -1.67. The summed E-state index contributed by atoms with van der Waals surface area (Å²) < 4.78 is 21.1. The SMILES string of the molecule is CCCC[C@H](C)C[C@H](O)/C=C/[C@@H]1[C@@H]2[C@H](C[C@H]1O)O/C(=C\[C@@H]1CC[C@@H](C(=O)[O-])C1)[C@@H]2F.[Na+]. The number of carbonyl (C=O) groups is 1. The number of fused-ring (bicyclic) bond motifs is 1. The summed E-state index contributed by atoms with van der Waals surface area (Å²) in [6.07, 6.45) is 8.35. The molecule has 170 valence electrons. The molecule has 0 bridgehead atoms. The molecule has 2 saturated carbocycles. The summed E-state index contributed by atoms with van der Waals surface area (Å²) in [5.41, 5.74) is 0. The average molecular weight is 447 g/mol. The fourth-order valence-electron chi connectivity index (χ4n) is 5.42. The number of aliphatic hydroxyl groups is 2. The maximum atomic E-state index is 15.2. The van der Waals surface area contributed by atoms with Crippen LogP contribution in [0, 0.1) is 29.6 Å². The van der Waals surface area contributed by atoms with E-state index in [-0.39, 0.29) is 47.3 Å². The van der Waals surface area contributed by atoms with E-state index < -0.39 is 42.1 Å². The first-order valence-electron chi connectivity index (χ1n) is 11.6. The predicted octanol–water partition coefficient (Wildman–Crippen LogP) is -0.0921. The van der Waals surface area contributed by atoms with Gasteiger partial charge in [0, 0.05) is 24.2 Å². The quantitative estimate of drug-likeness (QED) is 0.382. The van der Waals surface area contributed by atoms with Crippen molar-refractivity contribution in [3.8, 4) is 0 Å². The molecule has 0 radical (unpaired) electrons. The number of unbranched alkanes of at least 4 members (excludes halogenated alkanes) is 1. The van der Waals surface area contributed by atoms with Crippen molar-refractivity contribution < 1.29 is 58.8 Å². The van der Waals surface area contributed by atoms with Crippen molar-refractivity contribution in [2.24, 2.45) is 29.6 Å². The molecule has 0 amide bonds. The van der Waals surface area contributed by atoms with Crippen LogP contribution in [-0.4, -0.2) is 40.7 Å². The topological polar surface area (TPSA) is 89.8 Å². The number of ether oxygens (including phenoxy) is 1. The molecule has 31 heavy (non-hydrogen) atoms. The van der Waals surface area contributed by atoms with Gasteiger partial charge in [-0.15, -0.1) is 0 Å². The standard InChI is InChI=1S/C24H37FO5.Na/c1-3-4-5-14(2)10-17(26)8-9-18-19(27)13-20-22(18)23(25)21(30-20)12-15-6-7-16(11-15)24(28)29;/h8-9,12,14-20,22-23,26-27H,3-7,10-11,13H2,1-2H3,(H,28,29);/q;+1/p-1/b9-8+,21-12-;/t14-,15+,16+,17+,18-,19+,20-,22+,23-;/m0./s1. The zero-order valence-electron chi connectivity index (χ0n) is 19.1. The minimum absolute atomic E-state index is 0. The largest absolute Gasteiger partial charge is 1.00 e. The van der Waals surface area contributed by atoms with Gasteiger partial charge < -0.3 is 24.9 Å². The second-order valence-corrected chi connectivity index (χ2v) is 9.61. The number of rotatable bonds is 9. The van der Waals surface area contributed by atoms with Gasteiger partial charge in [-0.2, -0.15) is 0 Å². The summed E-state index contributed by atoms with van der Waals surface area (Å²) in [6, 6.07) is 0. The molecule has 3 fully saturated rings. The zero-order valence-corrected chi connectivity index (χ0v) is 21.1. The van der Waals surface area contributed by atoms with Crippen LogP contribution in [-0.2, 0) is 9.53 Å². The number of carboxylic acids is 1. The summed E-state index contributed by atoms with van der Waals surface area (Å²) in [7, 11) is 0. The van der Waals surface area contributed by atoms with E-state index in [1.54, 1.807) is 18.2 Å². The normalized spacial score (nSPS) is 38.1. The van der Waals surface area contributed by atoms with Crippen molar-refractivity contribution in [2.45, 2.75) is 89.7 Å². The maximum absolute atomic E-state index is 15.2. The molecule has 0 aromatic rings. The second-order valence-electron chi connectivity index (χ2n) is 9.61. The smallest absolute Gasteiger partial charge is 0.550 e. The van der Waals surface area contributed by atoms with Crippen molar-refractivity contribution in [3.63, 3.8) is 0 Å². The molecule has 0 aromatic heterocycles. The van der Waals surface area contributed by atoms with Crippen molar-refractivity contribution in [1.29, 1.82) is 0 Å². The van der Waals surface area contributed by atoms with Gasteiger partial charge in [-0.1, -0.05) is 45.3 Å². The number of carboxylic acid groups (broad SMARTS) is 1. The van der Waals surface area contributed by atoms with Crippen molar-refractivity contribution >= 4 is 5.97 Å². The van der Waals surface area contributed by atoms with Crippen LogP contribution in [0.2, 0.25) is 0 Å². The number of alkyl halides is 1. The van der Waals surface area contributed by atoms with Gasteiger partial charge in [-0.05, 0) is 49.5 Å².